The molecule has 0 unspecified atom stereocenters. The van der Waals surface area contributed by atoms with Gasteiger partial charge in [0, 0.05) is 47.1 Å². The SMILES string of the molecule is N#Cc1c(N)sc2c(F)cnc(-c3c4c(c5cnc(OCC6(CN7C[C@H]8C[C@@H]7CO8)CC6)nc5c3F)COC4)c12. The van der Waals surface area contributed by atoms with Crippen molar-refractivity contribution in [2.75, 3.05) is 32.0 Å². The van der Waals surface area contributed by atoms with Crippen molar-refractivity contribution in [2.24, 2.45) is 5.41 Å². The van der Waals surface area contributed by atoms with Crippen LogP contribution in [0.2, 0.25) is 0 Å². The Morgan fingerprint density at radius 2 is 2.08 bits per heavy atom. The largest absolute Gasteiger partial charge is 0.463 e. The van der Waals surface area contributed by atoms with Crippen LogP contribution < -0.4 is 10.5 Å². The van der Waals surface area contributed by atoms with Crippen LogP contribution >= 0.6 is 11.3 Å². The van der Waals surface area contributed by atoms with Crippen LogP contribution in [-0.2, 0) is 22.7 Å². The first-order valence-electron chi connectivity index (χ1n) is 13.3. The Bertz CT molecular complexity index is 1770. The summed E-state index contributed by atoms with van der Waals surface area (Å²) in [6.45, 7) is 3.56. The molecule has 204 valence electrons. The van der Waals surface area contributed by atoms with Crippen LogP contribution in [0.25, 0.3) is 32.2 Å². The van der Waals surface area contributed by atoms with E-state index >= 15 is 4.39 Å². The molecule has 40 heavy (non-hydrogen) atoms. The predicted molar refractivity (Wildman–Crippen MR) is 143 cm³/mol. The van der Waals surface area contributed by atoms with Crippen molar-refractivity contribution >= 4 is 37.3 Å². The van der Waals surface area contributed by atoms with E-state index in [1.165, 1.54) is 0 Å². The summed E-state index contributed by atoms with van der Waals surface area (Å²) in [5, 5.41) is 10.6. The highest BCUT2D eigenvalue weighted by Crippen LogP contribution is 2.48. The molecule has 1 aliphatic carbocycles. The van der Waals surface area contributed by atoms with Gasteiger partial charge < -0.3 is 19.9 Å². The number of ether oxygens (including phenoxy) is 3. The fourth-order valence-electron chi connectivity index (χ4n) is 6.45. The molecule has 2 atom stereocenters. The van der Waals surface area contributed by atoms with Gasteiger partial charge in [0.1, 0.15) is 16.6 Å². The number of benzene rings is 1. The van der Waals surface area contributed by atoms with E-state index in [-0.39, 0.29) is 62.1 Å². The standard InChI is InChI=1S/C28H24F2N6O3S/c29-19-6-33-24(21-15(4-31)26(32)40-25(19)21)20-18-10-37-9-17(18)16-5-34-27(35-23(16)22(20)30)39-12-28(1-2-28)11-36-7-14-3-13(36)8-38-14/h5-6,13-14H,1-3,7-12,32H2/t13-,14-/m1/s1. The Labute approximate surface area is 231 Å². The Morgan fingerprint density at radius 3 is 2.83 bits per heavy atom. The van der Waals surface area contributed by atoms with Gasteiger partial charge in [-0.05, 0) is 30.4 Å². The van der Waals surface area contributed by atoms with E-state index in [4.69, 9.17) is 19.9 Å². The molecule has 3 aromatic heterocycles. The average molecular weight is 563 g/mol. The third kappa shape index (κ3) is 3.61. The number of thiophene rings is 1. The predicted octanol–water partition coefficient (Wildman–Crippen LogP) is 4.30. The molecule has 6 heterocycles. The van der Waals surface area contributed by atoms with E-state index in [1.807, 2.05) is 6.07 Å². The van der Waals surface area contributed by atoms with Crippen molar-refractivity contribution in [1.29, 1.82) is 5.26 Å². The van der Waals surface area contributed by atoms with Crippen LogP contribution in [0.5, 0.6) is 6.01 Å². The molecule has 3 fully saturated rings. The normalized spacial score (nSPS) is 22.7. The van der Waals surface area contributed by atoms with Gasteiger partial charge >= 0.3 is 6.01 Å². The first kappa shape index (κ1) is 24.3. The molecular weight excluding hydrogens is 538 g/mol. The fraction of sp³-hybridized carbons (Fsp3) is 0.429. The summed E-state index contributed by atoms with van der Waals surface area (Å²) >= 11 is 0.944. The lowest BCUT2D eigenvalue weighted by atomic mass is 9.94. The van der Waals surface area contributed by atoms with E-state index in [1.54, 1.807) is 6.20 Å². The number of nitrogen functional groups attached to an aromatic ring is 1. The molecule has 2 bridgehead atoms. The van der Waals surface area contributed by atoms with E-state index < -0.39 is 11.6 Å². The molecule has 4 aliphatic rings. The number of rotatable bonds is 6. The number of likely N-dealkylation sites (tertiary alicyclic amines) is 1. The zero-order chi connectivity index (χ0) is 27.2. The van der Waals surface area contributed by atoms with E-state index in [0.29, 0.717) is 29.7 Å². The molecule has 8 rings (SSSR count). The molecule has 0 spiro atoms. The van der Waals surface area contributed by atoms with Gasteiger partial charge in [-0.15, -0.1) is 11.3 Å². The third-order valence-electron chi connectivity index (χ3n) is 8.74. The number of hydrogen-bond donors (Lipinski definition) is 1. The van der Waals surface area contributed by atoms with E-state index in [2.05, 4.69) is 19.9 Å². The zero-order valence-corrected chi connectivity index (χ0v) is 22.2. The van der Waals surface area contributed by atoms with E-state index in [9.17, 15) is 9.65 Å². The second-order valence-corrected chi connectivity index (χ2v) is 12.3. The highest BCUT2D eigenvalue weighted by molar-refractivity contribution is 7.23. The van der Waals surface area contributed by atoms with Gasteiger partial charge in [0.15, 0.2) is 11.6 Å². The summed E-state index contributed by atoms with van der Waals surface area (Å²) in [5.74, 6) is -1.26. The highest BCUT2D eigenvalue weighted by Gasteiger charge is 2.49. The van der Waals surface area contributed by atoms with Gasteiger partial charge in [0.2, 0.25) is 0 Å². The van der Waals surface area contributed by atoms with Gasteiger partial charge in [-0.25, -0.2) is 13.8 Å². The van der Waals surface area contributed by atoms with Crippen molar-refractivity contribution < 1.29 is 23.0 Å². The number of pyridine rings is 1. The molecule has 4 aromatic rings. The first-order valence-corrected chi connectivity index (χ1v) is 14.1. The third-order valence-corrected chi connectivity index (χ3v) is 9.77. The number of nitrogens with two attached hydrogens (primary N) is 1. The minimum absolute atomic E-state index is 0.0501. The lowest BCUT2D eigenvalue weighted by Gasteiger charge is -2.30. The quantitative estimate of drug-likeness (QED) is 0.367. The van der Waals surface area contributed by atoms with Gasteiger partial charge in [-0.2, -0.15) is 10.2 Å². The number of hydrogen-bond acceptors (Lipinski definition) is 10. The van der Waals surface area contributed by atoms with Gasteiger partial charge in [0.25, 0.3) is 0 Å². The van der Waals surface area contributed by atoms with Gasteiger partial charge in [-0.3, -0.25) is 9.88 Å². The fourth-order valence-corrected chi connectivity index (χ4v) is 7.37. The number of morpholine rings is 1. The van der Waals surface area contributed by atoms with Crippen LogP contribution in [0.15, 0.2) is 12.4 Å². The molecule has 3 aliphatic heterocycles. The second-order valence-electron chi connectivity index (χ2n) is 11.2. The monoisotopic (exact) mass is 562 g/mol. The Morgan fingerprint density at radius 1 is 1.23 bits per heavy atom. The topological polar surface area (TPSA) is 119 Å². The summed E-state index contributed by atoms with van der Waals surface area (Å²) in [6.07, 6.45) is 6.18. The van der Waals surface area contributed by atoms with Crippen LogP contribution in [0.3, 0.4) is 0 Å². The van der Waals surface area contributed by atoms with Crippen LogP contribution in [0, 0.1) is 28.4 Å². The Balaban J connectivity index is 1.18. The maximum Gasteiger partial charge on any atom is 0.317 e. The molecule has 9 nitrogen and oxygen atoms in total. The maximum absolute atomic E-state index is 16.4. The van der Waals surface area contributed by atoms with Crippen LogP contribution in [0.1, 0.15) is 36.0 Å². The molecule has 0 amide bonds. The number of halogens is 2. The second kappa shape index (κ2) is 8.75. The number of aromatic nitrogens is 3. The summed E-state index contributed by atoms with van der Waals surface area (Å²) < 4.78 is 48.8. The van der Waals surface area contributed by atoms with Gasteiger partial charge in [-0.1, -0.05) is 0 Å². The minimum atomic E-state index is -0.644. The zero-order valence-electron chi connectivity index (χ0n) is 21.4. The van der Waals surface area contributed by atoms with Crippen molar-refractivity contribution in [3.05, 3.63) is 40.7 Å². The smallest absolute Gasteiger partial charge is 0.317 e. The summed E-state index contributed by atoms with van der Waals surface area (Å²) in [4.78, 5) is 15.7. The Hall–Kier alpha value is -3.50. The number of nitrogens with zero attached hydrogens (tertiary/aromatic N) is 5. The number of nitriles is 1. The van der Waals surface area contributed by atoms with Crippen LogP contribution in [-0.4, -0.2) is 58.3 Å². The maximum atomic E-state index is 16.4. The lowest BCUT2D eigenvalue weighted by Crippen LogP contribution is -2.42. The molecule has 2 N–H and O–H groups in total. The minimum Gasteiger partial charge on any atom is -0.463 e. The van der Waals surface area contributed by atoms with Crippen molar-refractivity contribution in [1.82, 2.24) is 19.9 Å². The molecule has 0 radical (unpaired) electrons. The van der Waals surface area contributed by atoms with Crippen molar-refractivity contribution in [3.63, 3.8) is 0 Å². The number of anilines is 1. The van der Waals surface area contributed by atoms with Crippen molar-refractivity contribution in [2.45, 2.75) is 44.6 Å². The number of fused-ring (bicyclic) bond motifs is 6. The molecular formula is C28H24F2N6O3S. The van der Waals surface area contributed by atoms with Crippen molar-refractivity contribution in [3.8, 4) is 23.3 Å². The van der Waals surface area contributed by atoms with E-state index in [0.717, 1.165) is 62.1 Å². The van der Waals surface area contributed by atoms with Gasteiger partial charge in [0.05, 0.1) is 54.7 Å². The van der Waals surface area contributed by atoms with Crippen LogP contribution in [0.4, 0.5) is 13.8 Å². The average Bonchev–Trinajstić information content (AvgIpc) is 3.39. The molecule has 1 aromatic carbocycles. The molecule has 1 saturated carbocycles. The molecule has 2 saturated heterocycles. The summed E-state index contributed by atoms with van der Waals surface area (Å²) in [6, 6.07) is 2.62. The summed E-state index contributed by atoms with van der Waals surface area (Å²) in [7, 11) is 0. The molecule has 12 heteroatoms. The summed E-state index contributed by atoms with van der Waals surface area (Å²) in [5.41, 5.74) is 7.82. The lowest BCUT2D eigenvalue weighted by molar-refractivity contribution is 0.0176. The first-order chi connectivity index (χ1) is 19.4. The Kier molecular flexibility index (Phi) is 5.32. The highest BCUT2D eigenvalue weighted by atomic mass is 32.1.